The number of hydrogen-bond acceptors (Lipinski definition) is 6. The number of esters is 1. The highest BCUT2D eigenvalue weighted by Gasteiger charge is 2.24. The Bertz CT molecular complexity index is 806. The van der Waals surface area contributed by atoms with Crippen LogP contribution in [0.2, 0.25) is 0 Å². The zero-order valence-electron chi connectivity index (χ0n) is 11.8. The number of sulfonamides is 1. The monoisotopic (exact) mass is 339 g/mol. The zero-order valence-corrected chi connectivity index (χ0v) is 13.5. The lowest BCUT2D eigenvalue weighted by Gasteiger charge is -2.08. The lowest BCUT2D eigenvalue weighted by atomic mass is 10.1. The minimum atomic E-state index is -3.91. The number of benzene rings is 1. The Morgan fingerprint density at radius 1 is 1.14 bits per heavy atom. The average molecular weight is 339 g/mol. The maximum absolute atomic E-state index is 12.3. The van der Waals surface area contributed by atoms with Crippen LogP contribution in [-0.4, -0.2) is 27.3 Å². The summed E-state index contributed by atoms with van der Waals surface area (Å²) >= 11 is 0.988. The van der Waals surface area contributed by atoms with Gasteiger partial charge in [-0.3, -0.25) is 9.52 Å². The first-order valence-electron chi connectivity index (χ1n) is 6.15. The number of carbonyl (C=O) groups excluding carboxylic acids is 2. The molecule has 0 atom stereocenters. The van der Waals surface area contributed by atoms with Crippen LogP contribution >= 0.6 is 11.3 Å². The third-order valence-electron chi connectivity index (χ3n) is 2.83. The van der Waals surface area contributed by atoms with E-state index in [9.17, 15) is 18.0 Å². The van der Waals surface area contributed by atoms with Crippen LogP contribution < -0.4 is 4.72 Å². The van der Waals surface area contributed by atoms with Crippen LogP contribution in [0.3, 0.4) is 0 Å². The largest absolute Gasteiger partial charge is 0.465 e. The minimum Gasteiger partial charge on any atom is -0.465 e. The molecule has 2 aromatic rings. The molecular weight excluding hydrogens is 326 g/mol. The van der Waals surface area contributed by atoms with Crippen molar-refractivity contribution in [1.82, 2.24) is 0 Å². The Morgan fingerprint density at radius 2 is 1.77 bits per heavy atom. The summed E-state index contributed by atoms with van der Waals surface area (Å²) in [5.74, 6) is -0.817. The number of thiophene rings is 1. The molecule has 1 aromatic heterocycles. The summed E-state index contributed by atoms with van der Waals surface area (Å²) < 4.78 is 31.6. The second kappa shape index (κ2) is 6.29. The molecule has 22 heavy (non-hydrogen) atoms. The van der Waals surface area contributed by atoms with Gasteiger partial charge in [0, 0.05) is 11.3 Å². The number of Topliss-reactive ketones (excluding diaryl/α,β-unsaturated/α-hetero) is 1. The highest BCUT2D eigenvalue weighted by atomic mass is 32.2. The fourth-order valence-electron chi connectivity index (χ4n) is 1.73. The van der Waals surface area contributed by atoms with E-state index in [4.69, 9.17) is 0 Å². The van der Waals surface area contributed by atoms with E-state index < -0.39 is 16.0 Å². The zero-order chi connectivity index (χ0) is 16.3. The first-order valence-corrected chi connectivity index (χ1v) is 8.51. The maximum Gasteiger partial charge on any atom is 0.349 e. The Balaban J connectivity index is 2.30. The van der Waals surface area contributed by atoms with Gasteiger partial charge in [-0.1, -0.05) is 0 Å². The van der Waals surface area contributed by atoms with Crippen molar-refractivity contribution in [1.29, 1.82) is 0 Å². The topological polar surface area (TPSA) is 89.5 Å². The number of ether oxygens (including phenoxy) is 1. The lowest BCUT2D eigenvalue weighted by molar-refractivity contribution is 0.0602. The van der Waals surface area contributed by atoms with Gasteiger partial charge in [-0.25, -0.2) is 13.2 Å². The molecule has 0 saturated carbocycles. The molecule has 0 aliphatic carbocycles. The average Bonchev–Trinajstić information content (AvgIpc) is 2.97. The van der Waals surface area contributed by atoms with Gasteiger partial charge in [0.25, 0.3) is 10.0 Å². The summed E-state index contributed by atoms with van der Waals surface area (Å²) in [6, 6.07) is 7.35. The van der Waals surface area contributed by atoms with Crippen LogP contribution in [0, 0.1) is 0 Å². The number of methoxy groups -OCH3 is 1. The second-order valence-corrected chi connectivity index (χ2v) is 6.91. The molecule has 0 unspecified atom stereocenters. The van der Waals surface area contributed by atoms with Gasteiger partial charge in [-0.2, -0.15) is 0 Å². The van der Waals surface area contributed by atoms with E-state index >= 15 is 0 Å². The fraction of sp³-hybridized carbons (Fsp3) is 0.143. The maximum atomic E-state index is 12.3. The molecule has 0 saturated heterocycles. The van der Waals surface area contributed by atoms with Crippen LogP contribution in [0.5, 0.6) is 0 Å². The van der Waals surface area contributed by atoms with Crippen molar-refractivity contribution in [2.24, 2.45) is 0 Å². The van der Waals surface area contributed by atoms with Gasteiger partial charge in [0.15, 0.2) is 5.78 Å². The summed E-state index contributed by atoms with van der Waals surface area (Å²) in [7, 11) is -2.73. The van der Waals surface area contributed by atoms with Crippen LogP contribution in [0.25, 0.3) is 0 Å². The molecular formula is C14H13NO5S2. The minimum absolute atomic E-state index is 0.00959. The summed E-state index contributed by atoms with van der Waals surface area (Å²) in [4.78, 5) is 22.6. The number of carbonyl (C=O) groups is 2. The molecule has 1 N–H and O–H groups in total. The molecule has 0 amide bonds. The van der Waals surface area contributed by atoms with E-state index in [2.05, 4.69) is 9.46 Å². The van der Waals surface area contributed by atoms with Crippen molar-refractivity contribution in [3.8, 4) is 0 Å². The molecule has 0 aliphatic heterocycles. The molecule has 0 bridgehead atoms. The molecule has 1 aromatic carbocycles. The van der Waals surface area contributed by atoms with E-state index in [0.717, 1.165) is 11.3 Å². The Kier molecular flexibility index (Phi) is 4.62. The van der Waals surface area contributed by atoms with Crippen molar-refractivity contribution in [3.05, 3.63) is 46.2 Å². The van der Waals surface area contributed by atoms with Gasteiger partial charge in [0.1, 0.15) is 9.77 Å². The summed E-state index contributed by atoms with van der Waals surface area (Å²) in [6.07, 6.45) is 0. The lowest BCUT2D eigenvalue weighted by Crippen LogP contribution is -2.15. The van der Waals surface area contributed by atoms with E-state index in [1.165, 1.54) is 49.7 Å². The van der Waals surface area contributed by atoms with Crippen LogP contribution in [-0.2, 0) is 14.8 Å². The summed E-state index contributed by atoms with van der Waals surface area (Å²) in [5, 5.41) is 1.50. The van der Waals surface area contributed by atoms with Crippen molar-refractivity contribution >= 4 is 38.8 Å². The SMILES string of the molecule is COC(=O)c1sccc1S(=O)(=O)Nc1ccc(C(C)=O)cc1. The van der Waals surface area contributed by atoms with Crippen molar-refractivity contribution in [2.75, 3.05) is 11.8 Å². The van der Waals surface area contributed by atoms with E-state index in [0.29, 0.717) is 11.3 Å². The normalized spacial score (nSPS) is 11.0. The molecule has 1 heterocycles. The summed E-state index contributed by atoms with van der Waals surface area (Å²) in [5.41, 5.74) is 0.778. The number of rotatable bonds is 5. The van der Waals surface area contributed by atoms with Crippen molar-refractivity contribution in [3.63, 3.8) is 0 Å². The predicted octanol–water partition coefficient (Wildman–Crippen LogP) is 2.54. The highest BCUT2D eigenvalue weighted by molar-refractivity contribution is 7.93. The van der Waals surface area contributed by atoms with Gasteiger partial charge >= 0.3 is 5.97 Å². The van der Waals surface area contributed by atoms with Crippen molar-refractivity contribution in [2.45, 2.75) is 11.8 Å². The van der Waals surface area contributed by atoms with Crippen LogP contribution in [0.15, 0.2) is 40.6 Å². The molecule has 2 rings (SSSR count). The molecule has 0 radical (unpaired) electrons. The van der Waals surface area contributed by atoms with Gasteiger partial charge in [-0.05, 0) is 42.6 Å². The van der Waals surface area contributed by atoms with Gasteiger partial charge in [0.2, 0.25) is 0 Å². The van der Waals surface area contributed by atoms with Crippen molar-refractivity contribution < 1.29 is 22.7 Å². The van der Waals surface area contributed by atoms with E-state index in [-0.39, 0.29) is 15.6 Å². The number of anilines is 1. The Labute approximate surface area is 131 Å². The Morgan fingerprint density at radius 3 is 2.32 bits per heavy atom. The number of hydrogen-bond donors (Lipinski definition) is 1. The molecule has 0 spiro atoms. The number of nitrogens with one attached hydrogen (secondary N) is 1. The van der Waals surface area contributed by atoms with Gasteiger partial charge < -0.3 is 4.74 Å². The molecule has 6 nitrogen and oxygen atoms in total. The summed E-state index contributed by atoms with van der Waals surface area (Å²) in [6.45, 7) is 1.42. The quantitative estimate of drug-likeness (QED) is 0.668. The molecule has 0 fully saturated rings. The van der Waals surface area contributed by atoms with Gasteiger partial charge in [0.05, 0.1) is 7.11 Å². The Hall–Kier alpha value is -2.19. The first kappa shape index (κ1) is 16.2. The van der Waals surface area contributed by atoms with Crippen LogP contribution in [0.4, 0.5) is 5.69 Å². The smallest absolute Gasteiger partial charge is 0.349 e. The second-order valence-electron chi connectivity index (χ2n) is 4.34. The van der Waals surface area contributed by atoms with E-state index in [1.807, 2.05) is 0 Å². The third kappa shape index (κ3) is 3.34. The third-order valence-corrected chi connectivity index (χ3v) is 5.28. The number of ketones is 1. The predicted molar refractivity (Wildman–Crippen MR) is 82.9 cm³/mol. The molecule has 116 valence electrons. The fourth-order valence-corrected chi connectivity index (χ4v) is 4.13. The van der Waals surface area contributed by atoms with E-state index in [1.54, 1.807) is 0 Å². The van der Waals surface area contributed by atoms with Crippen LogP contribution in [0.1, 0.15) is 27.0 Å². The first-order chi connectivity index (χ1) is 10.3. The molecule has 0 aliphatic rings. The molecule has 8 heteroatoms. The van der Waals surface area contributed by atoms with Gasteiger partial charge in [-0.15, -0.1) is 11.3 Å². The standard InChI is InChI=1S/C14H13NO5S2/c1-9(16)10-3-5-11(6-4-10)15-22(18,19)12-7-8-21-13(12)14(17)20-2/h3-8,15H,1-2H3. The highest BCUT2D eigenvalue weighted by Crippen LogP contribution is 2.25.